The molecule has 0 bridgehead atoms. The van der Waals surface area contributed by atoms with Gasteiger partial charge in [-0.05, 0) is 29.8 Å². The summed E-state index contributed by atoms with van der Waals surface area (Å²) in [6.45, 7) is 0.401. The lowest BCUT2D eigenvalue weighted by molar-refractivity contribution is 0.588. The highest BCUT2D eigenvalue weighted by atomic mass is 19.1. The van der Waals surface area contributed by atoms with E-state index < -0.39 is 11.6 Å². The Kier molecular flexibility index (Phi) is 2.76. The third kappa shape index (κ3) is 1.98. The summed E-state index contributed by atoms with van der Waals surface area (Å²) in [5.74, 6) is -1.10. The maximum Gasteiger partial charge on any atom is 0.144 e. The molecule has 0 radical (unpaired) electrons. The van der Waals surface area contributed by atoms with Crippen LogP contribution < -0.4 is 5.73 Å². The number of hydrogen-bond acceptors (Lipinski definition) is 2. The molecule has 0 fully saturated rings. The van der Waals surface area contributed by atoms with Crippen LogP contribution in [0, 0.1) is 11.6 Å². The minimum Gasteiger partial charge on any atom is -0.338 e. The van der Waals surface area contributed by atoms with Gasteiger partial charge in [0.15, 0.2) is 0 Å². The molecule has 5 heteroatoms. The van der Waals surface area contributed by atoms with Crippen LogP contribution in [0.3, 0.4) is 0 Å². The summed E-state index contributed by atoms with van der Waals surface area (Å²) < 4.78 is 27.4. The van der Waals surface area contributed by atoms with Crippen molar-refractivity contribution in [3.8, 4) is 11.4 Å². The second kappa shape index (κ2) is 4.44. The fourth-order valence-corrected chi connectivity index (χ4v) is 2.03. The van der Waals surface area contributed by atoms with Crippen LogP contribution in [0.15, 0.2) is 36.4 Å². The topological polar surface area (TPSA) is 54.7 Å². The van der Waals surface area contributed by atoms with Gasteiger partial charge in [0.25, 0.3) is 0 Å². The fourth-order valence-electron chi connectivity index (χ4n) is 2.03. The van der Waals surface area contributed by atoms with E-state index in [1.807, 2.05) is 12.1 Å². The Balaban J connectivity index is 2.21. The van der Waals surface area contributed by atoms with Crippen LogP contribution in [-0.2, 0) is 6.54 Å². The van der Waals surface area contributed by atoms with Gasteiger partial charge >= 0.3 is 0 Å². The van der Waals surface area contributed by atoms with Gasteiger partial charge in [-0.2, -0.15) is 0 Å². The minimum atomic E-state index is -0.641. The zero-order valence-corrected chi connectivity index (χ0v) is 9.95. The maximum absolute atomic E-state index is 13.7. The van der Waals surface area contributed by atoms with Crippen molar-refractivity contribution in [3.05, 3.63) is 53.6 Å². The Morgan fingerprint density at radius 3 is 2.53 bits per heavy atom. The van der Waals surface area contributed by atoms with Gasteiger partial charge in [0, 0.05) is 6.54 Å². The summed E-state index contributed by atoms with van der Waals surface area (Å²) in [7, 11) is 0. The number of nitrogens with zero attached hydrogens (tertiary/aromatic N) is 1. The Morgan fingerprint density at radius 1 is 1.11 bits per heavy atom. The highest BCUT2D eigenvalue weighted by Crippen LogP contribution is 2.26. The predicted molar refractivity (Wildman–Crippen MR) is 69.3 cm³/mol. The lowest BCUT2D eigenvalue weighted by atomic mass is 10.2. The number of nitrogens with one attached hydrogen (secondary N) is 1. The van der Waals surface area contributed by atoms with E-state index in [4.69, 9.17) is 5.73 Å². The highest BCUT2D eigenvalue weighted by molar-refractivity contribution is 5.80. The van der Waals surface area contributed by atoms with Crippen molar-refractivity contribution in [1.82, 2.24) is 9.97 Å². The third-order valence-electron chi connectivity index (χ3n) is 2.98. The van der Waals surface area contributed by atoms with Crippen LogP contribution in [-0.4, -0.2) is 9.97 Å². The number of aromatic nitrogens is 2. The Labute approximate surface area is 108 Å². The summed E-state index contributed by atoms with van der Waals surface area (Å²) >= 11 is 0. The number of rotatable bonds is 2. The van der Waals surface area contributed by atoms with Gasteiger partial charge in [-0.3, -0.25) is 0 Å². The summed E-state index contributed by atoms with van der Waals surface area (Å²) in [6, 6.07) is 9.17. The van der Waals surface area contributed by atoms with Crippen LogP contribution in [0.5, 0.6) is 0 Å². The van der Waals surface area contributed by atoms with E-state index in [1.165, 1.54) is 18.2 Å². The molecule has 0 spiro atoms. The number of fused-ring (bicyclic) bond motifs is 1. The molecule has 0 saturated heterocycles. The van der Waals surface area contributed by atoms with Crippen molar-refractivity contribution in [3.63, 3.8) is 0 Å². The SMILES string of the molecule is NCc1ccc2nc(-c3c(F)cccc3F)[nH]c2c1. The molecule has 1 aromatic heterocycles. The average molecular weight is 259 g/mol. The van der Waals surface area contributed by atoms with Gasteiger partial charge in [-0.1, -0.05) is 12.1 Å². The average Bonchev–Trinajstić information content (AvgIpc) is 2.80. The second-order valence-electron chi connectivity index (χ2n) is 4.24. The molecule has 96 valence electrons. The molecular weight excluding hydrogens is 248 g/mol. The van der Waals surface area contributed by atoms with Crippen molar-refractivity contribution in [2.75, 3.05) is 0 Å². The minimum absolute atomic E-state index is 0.145. The molecule has 3 nitrogen and oxygen atoms in total. The van der Waals surface area contributed by atoms with Crippen LogP contribution >= 0.6 is 0 Å². The summed E-state index contributed by atoms with van der Waals surface area (Å²) in [6.07, 6.45) is 0. The smallest absolute Gasteiger partial charge is 0.144 e. The lowest BCUT2D eigenvalue weighted by Gasteiger charge is -2.00. The molecule has 3 N–H and O–H groups in total. The predicted octanol–water partition coefficient (Wildman–Crippen LogP) is 2.97. The van der Waals surface area contributed by atoms with E-state index in [2.05, 4.69) is 9.97 Å². The quantitative estimate of drug-likeness (QED) is 0.743. The van der Waals surface area contributed by atoms with Crippen molar-refractivity contribution in [2.45, 2.75) is 6.54 Å². The number of imidazole rings is 1. The van der Waals surface area contributed by atoms with Crippen molar-refractivity contribution in [2.24, 2.45) is 5.73 Å². The lowest BCUT2D eigenvalue weighted by Crippen LogP contribution is -1.95. The molecule has 0 unspecified atom stereocenters. The van der Waals surface area contributed by atoms with Gasteiger partial charge in [0.05, 0.1) is 16.6 Å². The fraction of sp³-hybridized carbons (Fsp3) is 0.0714. The van der Waals surface area contributed by atoms with E-state index in [1.54, 1.807) is 6.07 Å². The first-order valence-corrected chi connectivity index (χ1v) is 5.82. The summed E-state index contributed by atoms with van der Waals surface area (Å²) in [4.78, 5) is 7.13. The Hall–Kier alpha value is -2.27. The molecule has 19 heavy (non-hydrogen) atoms. The van der Waals surface area contributed by atoms with Crippen LogP contribution in [0.25, 0.3) is 22.4 Å². The first-order valence-electron chi connectivity index (χ1n) is 5.82. The summed E-state index contributed by atoms with van der Waals surface area (Å²) in [5.41, 5.74) is 7.69. The maximum atomic E-state index is 13.7. The number of H-pyrrole nitrogens is 1. The highest BCUT2D eigenvalue weighted by Gasteiger charge is 2.14. The molecule has 0 amide bonds. The van der Waals surface area contributed by atoms with E-state index in [0.29, 0.717) is 17.6 Å². The van der Waals surface area contributed by atoms with Gasteiger partial charge in [0.2, 0.25) is 0 Å². The van der Waals surface area contributed by atoms with E-state index in [0.717, 1.165) is 5.56 Å². The molecule has 2 aromatic carbocycles. The first kappa shape index (κ1) is 11.8. The van der Waals surface area contributed by atoms with Crippen molar-refractivity contribution < 1.29 is 8.78 Å². The van der Waals surface area contributed by atoms with Gasteiger partial charge < -0.3 is 10.7 Å². The van der Waals surface area contributed by atoms with Crippen LogP contribution in [0.1, 0.15) is 5.56 Å². The third-order valence-corrected chi connectivity index (χ3v) is 2.98. The van der Waals surface area contributed by atoms with Gasteiger partial charge in [0.1, 0.15) is 17.5 Å². The number of hydrogen-bond donors (Lipinski definition) is 2. The molecule has 1 heterocycles. The van der Waals surface area contributed by atoms with E-state index in [-0.39, 0.29) is 11.4 Å². The molecule has 3 aromatic rings. The van der Waals surface area contributed by atoms with Gasteiger partial charge in [-0.25, -0.2) is 13.8 Å². The molecule has 0 aliphatic carbocycles. The first-order chi connectivity index (χ1) is 9.19. The molecule has 0 aliphatic rings. The number of aromatic amines is 1. The van der Waals surface area contributed by atoms with Crippen LogP contribution in [0.4, 0.5) is 8.78 Å². The van der Waals surface area contributed by atoms with E-state index >= 15 is 0 Å². The Morgan fingerprint density at radius 2 is 1.84 bits per heavy atom. The van der Waals surface area contributed by atoms with Crippen LogP contribution in [0.2, 0.25) is 0 Å². The number of nitrogens with two attached hydrogens (primary N) is 1. The number of halogens is 2. The molecule has 0 saturated carbocycles. The molecule has 0 atom stereocenters. The Bertz CT molecular complexity index is 729. The van der Waals surface area contributed by atoms with Crippen molar-refractivity contribution in [1.29, 1.82) is 0 Å². The summed E-state index contributed by atoms with van der Waals surface area (Å²) in [5, 5.41) is 0. The zero-order valence-electron chi connectivity index (χ0n) is 9.95. The molecule has 3 rings (SSSR count). The van der Waals surface area contributed by atoms with Crippen molar-refractivity contribution >= 4 is 11.0 Å². The normalized spacial score (nSPS) is 11.1. The van der Waals surface area contributed by atoms with E-state index in [9.17, 15) is 8.78 Å². The molecule has 0 aliphatic heterocycles. The monoisotopic (exact) mass is 259 g/mol. The largest absolute Gasteiger partial charge is 0.338 e. The number of benzene rings is 2. The second-order valence-corrected chi connectivity index (χ2v) is 4.24. The standard InChI is InChI=1S/C14H11F2N3/c15-9-2-1-3-10(16)13(9)14-18-11-5-4-8(7-17)6-12(11)19-14/h1-6H,7,17H2,(H,18,19). The zero-order chi connectivity index (χ0) is 13.4. The van der Waals surface area contributed by atoms with Gasteiger partial charge in [-0.15, -0.1) is 0 Å². The molecular formula is C14H11F2N3.